The van der Waals surface area contributed by atoms with Gasteiger partial charge in [0, 0.05) is 31.7 Å². The van der Waals surface area contributed by atoms with E-state index in [1.807, 2.05) is 0 Å². The standard InChI is InChI=1S/C9H13ClN2O2/c1-11-6-7(4-3-5-10)8(13)12(2)9(11)14/h6H,3-5H2,1-2H3. The first kappa shape index (κ1) is 11.0. The lowest BCUT2D eigenvalue weighted by molar-refractivity contribution is 0.664. The SMILES string of the molecule is Cn1cc(CCCCl)c(=O)n(C)c1=O. The molecule has 0 radical (unpaired) electrons. The van der Waals surface area contributed by atoms with Gasteiger partial charge in [0.15, 0.2) is 0 Å². The van der Waals surface area contributed by atoms with Gasteiger partial charge in [-0.2, -0.15) is 0 Å². The van der Waals surface area contributed by atoms with E-state index >= 15 is 0 Å². The molecule has 0 saturated heterocycles. The first-order chi connectivity index (χ1) is 6.57. The summed E-state index contributed by atoms with van der Waals surface area (Å²) in [6.45, 7) is 0. The van der Waals surface area contributed by atoms with Gasteiger partial charge in [0.05, 0.1) is 0 Å². The fourth-order valence-corrected chi connectivity index (χ4v) is 1.45. The molecule has 1 aromatic heterocycles. The molecule has 1 heterocycles. The lowest BCUT2D eigenvalue weighted by atomic mass is 10.2. The van der Waals surface area contributed by atoms with Gasteiger partial charge in [-0.05, 0) is 12.8 Å². The quantitative estimate of drug-likeness (QED) is 0.681. The van der Waals surface area contributed by atoms with Crippen molar-refractivity contribution >= 4 is 11.6 Å². The van der Waals surface area contributed by atoms with E-state index in [0.717, 1.165) is 11.0 Å². The summed E-state index contributed by atoms with van der Waals surface area (Å²) < 4.78 is 2.52. The molecular formula is C9H13ClN2O2. The Morgan fingerprint density at radius 2 is 2.00 bits per heavy atom. The van der Waals surface area contributed by atoms with Crippen LogP contribution in [0.15, 0.2) is 15.8 Å². The Balaban J connectivity index is 3.20. The summed E-state index contributed by atoms with van der Waals surface area (Å²) in [5.74, 6) is 0.520. The van der Waals surface area contributed by atoms with Crippen molar-refractivity contribution in [2.75, 3.05) is 5.88 Å². The van der Waals surface area contributed by atoms with Crippen LogP contribution in [0.4, 0.5) is 0 Å². The summed E-state index contributed by atoms with van der Waals surface area (Å²) in [7, 11) is 3.11. The highest BCUT2D eigenvalue weighted by Gasteiger charge is 2.05. The Morgan fingerprint density at radius 3 is 2.57 bits per heavy atom. The maximum Gasteiger partial charge on any atom is 0.330 e. The van der Waals surface area contributed by atoms with Gasteiger partial charge in [-0.1, -0.05) is 0 Å². The molecule has 0 amide bonds. The molecule has 0 spiro atoms. The third kappa shape index (κ3) is 2.07. The number of hydrogen-bond donors (Lipinski definition) is 0. The van der Waals surface area contributed by atoms with Crippen LogP contribution >= 0.6 is 11.6 Å². The molecule has 0 unspecified atom stereocenters. The smallest absolute Gasteiger partial charge is 0.303 e. The van der Waals surface area contributed by atoms with Crippen LogP contribution in [0.3, 0.4) is 0 Å². The summed E-state index contributed by atoms with van der Waals surface area (Å²) in [5, 5.41) is 0. The van der Waals surface area contributed by atoms with E-state index in [2.05, 4.69) is 0 Å². The number of nitrogens with zero attached hydrogens (tertiary/aromatic N) is 2. The van der Waals surface area contributed by atoms with Gasteiger partial charge in [-0.15, -0.1) is 11.6 Å². The summed E-state index contributed by atoms with van der Waals surface area (Å²) in [6.07, 6.45) is 2.94. The molecule has 4 nitrogen and oxygen atoms in total. The molecule has 0 saturated carbocycles. The van der Waals surface area contributed by atoms with Crippen molar-refractivity contribution in [2.24, 2.45) is 14.1 Å². The summed E-state index contributed by atoms with van der Waals surface area (Å²) >= 11 is 5.54. The Labute approximate surface area is 86.7 Å². The average molecular weight is 217 g/mol. The zero-order valence-electron chi connectivity index (χ0n) is 8.29. The van der Waals surface area contributed by atoms with Gasteiger partial charge in [-0.3, -0.25) is 9.36 Å². The number of aryl methyl sites for hydroxylation is 2. The van der Waals surface area contributed by atoms with Crippen molar-refractivity contribution in [2.45, 2.75) is 12.8 Å². The average Bonchev–Trinajstić information content (AvgIpc) is 2.18. The Bertz CT molecular complexity index is 433. The van der Waals surface area contributed by atoms with Gasteiger partial charge < -0.3 is 4.57 Å². The second-order valence-electron chi connectivity index (χ2n) is 3.20. The predicted octanol–water partition coefficient (Wildman–Crippen LogP) is 0.255. The second-order valence-corrected chi connectivity index (χ2v) is 3.58. The zero-order chi connectivity index (χ0) is 10.7. The summed E-state index contributed by atoms with van der Waals surface area (Å²) in [6, 6.07) is 0. The van der Waals surface area contributed by atoms with Crippen LogP contribution in [-0.2, 0) is 20.5 Å². The van der Waals surface area contributed by atoms with Gasteiger partial charge in [-0.25, -0.2) is 4.79 Å². The third-order valence-electron chi connectivity index (χ3n) is 2.10. The van der Waals surface area contributed by atoms with E-state index in [4.69, 9.17) is 11.6 Å². The largest absolute Gasteiger partial charge is 0.330 e. The molecule has 0 aliphatic carbocycles. The molecule has 14 heavy (non-hydrogen) atoms. The second kappa shape index (κ2) is 4.46. The van der Waals surface area contributed by atoms with Gasteiger partial charge in [0.2, 0.25) is 0 Å². The van der Waals surface area contributed by atoms with E-state index in [1.54, 1.807) is 13.2 Å². The molecule has 0 aliphatic rings. The Morgan fingerprint density at radius 1 is 1.36 bits per heavy atom. The van der Waals surface area contributed by atoms with E-state index < -0.39 is 0 Å². The van der Waals surface area contributed by atoms with E-state index in [9.17, 15) is 9.59 Å². The minimum atomic E-state index is -0.301. The van der Waals surface area contributed by atoms with Crippen LogP contribution in [0.5, 0.6) is 0 Å². The van der Waals surface area contributed by atoms with Gasteiger partial charge >= 0.3 is 5.69 Å². The fraction of sp³-hybridized carbons (Fsp3) is 0.556. The summed E-state index contributed by atoms with van der Waals surface area (Å²) in [4.78, 5) is 22.9. The lowest BCUT2D eigenvalue weighted by Crippen LogP contribution is -2.38. The Hall–Kier alpha value is -1.03. The molecule has 1 rings (SSSR count). The highest BCUT2D eigenvalue weighted by Crippen LogP contribution is 1.95. The first-order valence-electron chi connectivity index (χ1n) is 4.39. The maximum atomic E-state index is 11.6. The highest BCUT2D eigenvalue weighted by atomic mass is 35.5. The van der Waals surface area contributed by atoms with Crippen LogP contribution in [0.2, 0.25) is 0 Å². The topological polar surface area (TPSA) is 44.0 Å². The molecule has 0 aliphatic heterocycles. The van der Waals surface area contributed by atoms with Crippen molar-refractivity contribution < 1.29 is 0 Å². The van der Waals surface area contributed by atoms with E-state index in [1.165, 1.54) is 11.6 Å². The van der Waals surface area contributed by atoms with Crippen LogP contribution in [-0.4, -0.2) is 15.0 Å². The number of aromatic nitrogens is 2. The maximum absolute atomic E-state index is 11.6. The van der Waals surface area contributed by atoms with Crippen molar-refractivity contribution in [3.8, 4) is 0 Å². The van der Waals surface area contributed by atoms with Crippen LogP contribution in [0.1, 0.15) is 12.0 Å². The number of hydrogen-bond acceptors (Lipinski definition) is 2. The van der Waals surface area contributed by atoms with E-state index in [0.29, 0.717) is 17.9 Å². The Kier molecular flexibility index (Phi) is 3.52. The van der Waals surface area contributed by atoms with Crippen LogP contribution < -0.4 is 11.2 Å². The normalized spacial score (nSPS) is 10.5. The van der Waals surface area contributed by atoms with Crippen molar-refractivity contribution in [3.63, 3.8) is 0 Å². The molecule has 0 fully saturated rings. The molecule has 0 atom stereocenters. The van der Waals surface area contributed by atoms with Gasteiger partial charge in [0.1, 0.15) is 0 Å². The monoisotopic (exact) mass is 216 g/mol. The highest BCUT2D eigenvalue weighted by molar-refractivity contribution is 6.17. The minimum Gasteiger partial charge on any atom is -0.303 e. The number of halogens is 1. The van der Waals surface area contributed by atoms with Crippen molar-refractivity contribution in [3.05, 3.63) is 32.6 Å². The van der Waals surface area contributed by atoms with Crippen molar-refractivity contribution in [1.82, 2.24) is 9.13 Å². The fourth-order valence-electron chi connectivity index (χ4n) is 1.31. The number of alkyl halides is 1. The molecule has 5 heteroatoms. The molecule has 1 aromatic rings. The minimum absolute atomic E-state index is 0.224. The van der Waals surface area contributed by atoms with Crippen LogP contribution in [0.25, 0.3) is 0 Å². The lowest BCUT2D eigenvalue weighted by Gasteiger charge is -2.05. The van der Waals surface area contributed by atoms with Gasteiger partial charge in [0.25, 0.3) is 5.56 Å². The molecule has 0 bridgehead atoms. The predicted molar refractivity (Wildman–Crippen MR) is 56.0 cm³/mol. The first-order valence-corrected chi connectivity index (χ1v) is 4.93. The zero-order valence-corrected chi connectivity index (χ0v) is 9.04. The third-order valence-corrected chi connectivity index (χ3v) is 2.36. The molecule has 0 N–H and O–H groups in total. The van der Waals surface area contributed by atoms with Crippen molar-refractivity contribution in [1.29, 1.82) is 0 Å². The molecular weight excluding hydrogens is 204 g/mol. The van der Waals surface area contributed by atoms with E-state index in [-0.39, 0.29) is 11.2 Å². The summed E-state index contributed by atoms with van der Waals surface area (Å²) in [5.41, 5.74) is 0.109. The van der Waals surface area contributed by atoms with Crippen LogP contribution in [0, 0.1) is 0 Å². The molecule has 0 aromatic carbocycles. The number of rotatable bonds is 3. The molecule has 78 valence electrons.